The van der Waals surface area contributed by atoms with Gasteiger partial charge in [0.1, 0.15) is 6.33 Å². The van der Waals surface area contributed by atoms with Gasteiger partial charge in [-0.05, 0) is 18.6 Å². The lowest BCUT2D eigenvalue weighted by Gasteiger charge is -2.21. The molecule has 0 saturated carbocycles. The Bertz CT molecular complexity index is 644. The summed E-state index contributed by atoms with van der Waals surface area (Å²) in [5.74, 6) is -0.0724. The summed E-state index contributed by atoms with van der Waals surface area (Å²) < 4.78 is 0. The molecule has 0 radical (unpaired) electrons. The van der Waals surface area contributed by atoms with Gasteiger partial charge in [0.15, 0.2) is 0 Å². The number of rotatable bonds is 3. The second kappa shape index (κ2) is 6.04. The molecule has 0 unspecified atom stereocenters. The van der Waals surface area contributed by atoms with Gasteiger partial charge in [-0.1, -0.05) is 39.0 Å². The summed E-state index contributed by atoms with van der Waals surface area (Å²) in [5.41, 5.74) is 3.50. The molecule has 0 atom stereocenters. The molecule has 0 bridgehead atoms. The second-order valence-electron chi connectivity index (χ2n) is 6.14. The lowest BCUT2D eigenvalue weighted by atomic mass is 9.89. The number of hydrogen-bond donors (Lipinski definition) is 1. The van der Waals surface area contributed by atoms with E-state index in [9.17, 15) is 4.79 Å². The molecule has 0 fully saturated rings. The molecule has 0 aliphatic rings. The standard InChI is InChI=1S/C17H21N3O/c1-12-7-5-6-8-14(12)16(21)19-10-13-9-18-11-20-15(13)17(2,3)4/h5-9,11H,10H2,1-4H3,(H,19,21). The zero-order valence-electron chi connectivity index (χ0n) is 13.0. The van der Waals surface area contributed by atoms with E-state index in [1.807, 2.05) is 31.2 Å². The number of aryl methyl sites for hydroxylation is 1. The fourth-order valence-corrected chi connectivity index (χ4v) is 2.26. The molecule has 2 rings (SSSR count). The molecule has 4 heteroatoms. The zero-order valence-corrected chi connectivity index (χ0v) is 13.0. The number of aromatic nitrogens is 2. The molecular weight excluding hydrogens is 262 g/mol. The maximum Gasteiger partial charge on any atom is 0.251 e. The predicted octanol–water partition coefficient (Wildman–Crippen LogP) is 3.01. The van der Waals surface area contributed by atoms with Crippen LogP contribution in [0.25, 0.3) is 0 Å². The van der Waals surface area contributed by atoms with E-state index in [0.29, 0.717) is 12.1 Å². The molecule has 1 heterocycles. The maximum atomic E-state index is 12.2. The van der Waals surface area contributed by atoms with E-state index in [1.165, 1.54) is 0 Å². The van der Waals surface area contributed by atoms with Gasteiger partial charge in [-0.3, -0.25) is 4.79 Å². The summed E-state index contributed by atoms with van der Waals surface area (Å²) >= 11 is 0. The van der Waals surface area contributed by atoms with Crippen molar-refractivity contribution in [2.45, 2.75) is 39.7 Å². The fraction of sp³-hybridized carbons (Fsp3) is 0.353. The largest absolute Gasteiger partial charge is 0.348 e. The molecule has 110 valence electrons. The average Bonchev–Trinajstić information content (AvgIpc) is 2.44. The van der Waals surface area contributed by atoms with Gasteiger partial charge in [-0.15, -0.1) is 0 Å². The number of amides is 1. The highest BCUT2D eigenvalue weighted by Crippen LogP contribution is 2.22. The van der Waals surface area contributed by atoms with Crippen molar-refractivity contribution in [2.24, 2.45) is 0 Å². The first-order chi connectivity index (χ1) is 9.89. The van der Waals surface area contributed by atoms with Gasteiger partial charge < -0.3 is 5.32 Å². The summed E-state index contributed by atoms with van der Waals surface area (Å²) in [5, 5.41) is 2.95. The summed E-state index contributed by atoms with van der Waals surface area (Å²) in [6.07, 6.45) is 3.32. The minimum atomic E-state index is -0.0777. The first-order valence-corrected chi connectivity index (χ1v) is 7.03. The molecule has 4 nitrogen and oxygen atoms in total. The topological polar surface area (TPSA) is 54.9 Å². The Morgan fingerprint density at radius 1 is 1.24 bits per heavy atom. The van der Waals surface area contributed by atoms with Crippen molar-refractivity contribution < 1.29 is 4.79 Å². The molecule has 0 saturated heterocycles. The quantitative estimate of drug-likeness (QED) is 0.942. The SMILES string of the molecule is Cc1ccccc1C(=O)NCc1cncnc1C(C)(C)C. The van der Waals surface area contributed by atoms with Crippen molar-refractivity contribution in [3.05, 3.63) is 59.2 Å². The third-order valence-electron chi connectivity index (χ3n) is 3.33. The lowest BCUT2D eigenvalue weighted by Crippen LogP contribution is -2.26. The molecule has 0 aliphatic carbocycles. The van der Waals surface area contributed by atoms with E-state index < -0.39 is 0 Å². The van der Waals surface area contributed by atoms with Gasteiger partial charge in [0, 0.05) is 29.3 Å². The number of benzene rings is 1. The van der Waals surface area contributed by atoms with Gasteiger partial charge in [-0.2, -0.15) is 0 Å². The first-order valence-electron chi connectivity index (χ1n) is 7.03. The summed E-state index contributed by atoms with van der Waals surface area (Å²) in [6.45, 7) is 8.66. The van der Waals surface area contributed by atoms with Crippen molar-refractivity contribution in [1.82, 2.24) is 15.3 Å². The van der Waals surface area contributed by atoms with E-state index >= 15 is 0 Å². The van der Waals surface area contributed by atoms with E-state index in [2.05, 4.69) is 36.1 Å². The molecule has 1 amide bonds. The van der Waals surface area contributed by atoms with Gasteiger partial charge in [0.25, 0.3) is 5.91 Å². The van der Waals surface area contributed by atoms with Crippen LogP contribution in [0.15, 0.2) is 36.8 Å². The Kier molecular flexibility index (Phi) is 4.36. The van der Waals surface area contributed by atoms with E-state index in [4.69, 9.17) is 0 Å². The number of nitrogens with one attached hydrogen (secondary N) is 1. The second-order valence-corrected chi connectivity index (χ2v) is 6.14. The van der Waals surface area contributed by atoms with Crippen LogP contribution in [0.1, 0.15) is 48.0 Å². The van der Waals surface area contributed by atoms with Crippen LogP contribution in [0.2, 0.25) is 0 Å². The molecular formula is C17H21N3O. The number of hydrogen-bond acceptors (Lipinski definition) is 3. The van der Waals surface area contributed by atoms with Crippen molar-refractivity contribution in [3.8, 4) is 0 Å². The molecule has 2 aromatic rings. The van der Waals surface area contributed by atoms with Crippen LogP contribution < -0.4 is 5.32 Å². The van der Waals surface area contributed by atoms with Crippen LogP contribution in [0.4, 0.5) is 0 Å². The third kappa shape index (κ3) is 3.66. The smallest absolute Gasteiger partial charge is 0.251 e. The van der Waals surface area contributed by atoms with Crippen LogP contribution in [-0.2, 0) is 12.0 Å². The van der Waals surface area contributed by atoms with E-state index in [0.717, 1.165) is 16.8 Å². The van der Waals surface area contributed by atoms with Gasteiger partial charge in [0.2, 0.25) is 0 Å². The maximum absolute atomic E-state index is 12.2. The Hall–Kier alpha value is -2.23. The van der Waals surface area contributed by atoms with Crippen molar-refractivity contribution in [3.63, 3.8) is 0 Å². The van der Waals surface area contributed by atoms with E-state index in [-0.39, 0.29) is 11.3 Å². The van der Waals surface area contributed by atoms with Crippen molar-refractivity contribution in [2.75, 3.05) is 0 Å². The minimum absolute atomic E-state index is 0.0724. The summed E-state index contributed by atoms with van der Waals surface area (Å²) in [6, 6.07) is 7.56. The molecule has 21 heavy (non-hydrogen) atoms. The normalized spacial score (nSPS) is 11.2. The predicted molar refractivity (Wildman–Crippen MR) is 83.1 cm³/mol. The first kappa shape index (κ1) is 15.2. The summed E-state index contributed by atoms with van der Waals surface area (Å²) in [4.78, 5) is 20.7. The van der Waals surface area contributed by atoms with Crippen LogP contribution >= 0.6 is 0 Å². The Morgan fingerprint density at radius 2 is 1.95 bits per heavy atom. The number of carbonyl (C=O) groups is 1. The highest BCUT2D eigenvalue weighted by atomic mass is 16.1. The molecule has 1 N–H and O–H groups in total. The molecule has 1 aromatic carbocycles. The molecule has 0 spiro atoms. The van der Waals surface area contributed by atoms with Crippen LogP contribution in [-0.4, -0.2) is 15.9 Å². The van der Waals surface area contributed by atoms with Gasteiger partial charge >= 0.3 is 0 Å². The monoisotopic (exact) mass is 283 g/mol. The lowest BCUT2D eigenvalue weighted by molar-refractivity contribution is 0.0950. The van der Waals surface area contributed by atoms with Crippen molar-refractivity contribution >= 4 is 5.91 Å². The average molecular weight is 283 g/mol. The van der Waals surface area contributed by atoms with Gasteiger partial charge in [0.05, 0.1) is 5.69 Å². The zero-order chi connectivity index (χ0) is 15.5. The summed E-state index contributed by atoms with van der Waals surface area (Å²) in [7, 11) is 0. The van der Waals surface area contributed by atoms with E-state index in [1.54, 1.807) is 12.5 Å². The highest BCUT2D eigenvalue weighted by Gasteiger charge is 2.20. The highest BCUT2D eigenvalue weighted by molar-refractivity contribution is 5.95. The van der Waals surface area contributed by atoms with Gasteiger partial charge in [-0.25, -0.2) is 9.97 Å². The third-order valence-corrected chi connectivity index (χ3v) is 3.33. The minimum Gasteiger partial charge on any atom is -0.348 e. The Labute approximate surface area is 125 Å². The van der Waals surface area contributed by atoms with Crippen LogP contribution in [0.3, 0.4) is 0 Å². The number of carbonyl (C=O) groups excluding carboxylic acids is 1. The Balaban J connectivity index is 2.14. The molecule has 1 aromatic heterocycles. The Morgan fingerprint density at radius 3 is 2.62 bits per heavy atom. The molecule has 0 aliphatic heterocycles. The number of nitrogens with zero attached hydrogens (tertiary/aromatic N) is 2. The fourth-order valence-electron chi connectivity index (χ4n) is 2.26. The van der Waals surface area contributed by atoms with Crippen LogP contribution in [0, 0.1) is 6.92 Å². The van der Waals surface area contributed by atoms with Crippen LogP contribution in [0.5, 0.6) is 0 Å². The van der Waals surface area contributed by atoms with Crippen molar-refractivity contribution in [1.29, 1.82) is 0 Å².